The van der Waals surface area contributed by atoms with Gasteiger partial charge in [0.15, 0.2) is 0 Å². The molecule has 3 nitrogen and oxygen atoms in total. The van der Waals surface area contributed by atoms with Crippen LogP contribution in [-0.4, -0.2) is 31.9 Å². The fourth-order valence-corrected chi connectivity index (χ4v) is 3.47. The Labute approximate surface area is 134 Å². The van der Waals surface area contributed by atoms with Crippen LogP contribution in [0.2, 0.25) is 5.02 Å². The lowest BCUT2D eigenvalue weighted by molar-refractivity contribution is 0.0824. The maximum absolute atomic E-state index is 6.18. The van der Waals surface area contributed by atoms with Crippen LogP contribution in [0.4, 0.5) is 0 Å². The molecule has 5 heteroatoms. The molecule has 1 N–H and O–H groups in total. The van der Waals surface area contributed by atoms with Crippen molar-refractivity contribution in [3.63, 3.8) is 0 Å². The Morgan fingerprint density at radius 1 is 1.55 bits per heavy atom. The van der Waals surface area contributed by atoms with E-state index >= 15 is 0 Å². The summed E-state index contributed by atoms with van der Waals surface area (Å²) in [5, 5.41) is 4.09. The third-order valence-electron chi connectivity index (χ3n) is 3.53. The lowest BCUT2D eigenvalue weighted by Gasteiger charge is -2.20. The van der Waals surface area contributed by atoms with Crippen LogP contribution >= 0.6 is 27.5 Å². The van der Waals surface area contributed by atoms with Crippen LogP contribution in [0.25, 0.3) is 0 Å². The fraction of sp³-hybridized carbons (Fsp3) is 0.600. The van der Waals surface area contributed by atoms with Gasteiger partial charge in [0.2, 0.25) is 0 Å². The van der Waals surface area contributed by atoms with E-state index in [4.69, 9.17) is 21.1 Å². The van der Waals surface area contributed by atoms with E-state index in [0.29, 0.717) is 23.8 Å². The first-order valence-corrected chi connectivity index (χ1v) is 8.18. The molecule has 0 aromatic heterocycles. The molecule has 2 atom stereocenters. The van der Waals surface area contributed by atoms with E-state index in [2.05, 4.69) is 28.2 Å². The zero-order valence-corrected chi connectivity index (χ0v) is 14.3. The highest BCUT2D eigenvalue weighted by molar-refractivity contribution is 9.10. The second kappa shape index (κ2) is 7.64. The zero-order valence-electron chi connectivity index (χ0n) is 11.9. The second-order valence-corrected chi connectivity index (χ2v) is 6.50. The lowest BCUT2D eigenvalue weighted by atomic mass is 10.1. The van der Waals surface area contributed by atoms with E-state index in [9.17, 15) is 0 Å². The van der Waals surface area contributed by atoms with Crippen LogP contribution in [0.1, 0.15) is 25.3 Å². The van der Waals surface area contributed by atoms with Crippen LogP contribution in [0.5, 0.6) is 5.75 Å². The molecule has 1 aromatic carbocycles. The topological polar surface area (TPSA) is 30.5 Å². The molecule has 1 aliphatic heterocycles. The monoisotopic (exact) mass is 361 g/mol. The minimum absolute atomic E-state index is 0.341. The van der Waals surface area contributed by atoms with Gasteiger partial charge in [-0.15, -0.1) is 0 Å². The van der Waals surface area contributed by atoms with Gasteiger partial charge in [-0.2, -0.15) is 0 Å². The van der Waals surface area contributed by atoms with Gasteiger partial charge in [-0.1, -0.05) is 27.5 Å². The van der Waals surface area contributed by atoms with Gasteiger partial charge in [-0.25, -0.2) is 0 Å². The first-order chi connectivity index (χ1) is 9.58. The van der Waals surface area contributed by atoms with E-state index in [1.807, 2.05) is 19.1 Å². The maximum atomic E-state index is 6.18. The van der Waals surface area contributed by atoms with Crippen LogP contribution in [0.3, 0.4) is 0 Å². The molecule has 0 bridgehead atoms. The van der Waals surface area contributed by atoms with Crippen molar-refractivity contribution in [2.24, 2.45) is 0 Å². The molecule has 0 radical (unpaired) electrons. The summed E-state index contributed by atoms with van der Waals surface area (Å²) >= 11 is 9.60. The molecule has 0 spiro atoms. The molecule has 1 fully saturated rings. The summed E-state index contributed by atoms with van der Waals surface area (Å²) < 4.78 is 12.4. The highest BCUT2D eigenvalue weighted by Gasteiger charge is 2.21. The number of rotatable bonds is 6. The Morgan fingerprint density at radius 3 is 3.00 bits per heavy atom. The van der Waals surface area contributed by atoms with Crippen molar-refractivity contribution in [1.82, 2.24) is 5.32 Å². The number of aryl methyl sites for hydroxylation is 1. The first-order valence-electron chi connectivity index (χ1n) is 7.01. The number of nitrogens with one attached hydrogen (secondary N) is 1. The van der Waals surface area contributed by atoms with Gasteiger partial charge >= 0.3 is 0 Å². The molecule has 1 saturated heterocycles. The highest BCUT2D eigenvalue weighted by atomic mass is 79.9. The summed E-state index contributed by atoms with van der Waals surface area (Å²) in [4.78, 5) is 0. The molecule has 112 valence electrons. The number of benzene rings is 1. The number of ether oxygens (including phenoxy) is 2. The summed E-state index contributed by atoms with van der Waals surface area (Å²) in [7, 11) is 0. The van der Waals surface area contributed by atoms with Crippen molar-refractivity contribution >= 4 is 27.5 Å². The fourth-order valence-electron chi connectivity index (χ4n) is 2.44. The normalized spacial score (nSPS) is 20.1. The van der Waals surface area contributed by atoms with E-state index in [0.717, 1.165) is 35.4 Å². The zero-order chi connectivity index (χ0) is 14.5. The average Bonchev–Trinajstić information content (AvgIpc) is 2.90. The molecule has 0 aliphatic carbocycles. The van der Waals surface area contributed by atoms with Crippen molar-refractivity contribution in [1.29, 1.82) is 0 Å². The standard InChI is InChI=1S/C15H21BrClNO2/c1-10-8-12(16)9-13(17)15(10)20-7-5-18-11(2)14-4-3-6-19-14/h8-9,11,14,18H,3-7H2,1-2H3. The SMILES string of the molecule is Cc1cc(Br)cc(Cl)c1OCCNC(C)C1CCCO1. The minimum Gasteiger partial charge on any atom is -0.490 e. The Kier molecular flexibility index (Phi) is 6.15. The summed E-state index contributed by atoms with van der Waals surface area (Å²) in [6.07, 6.45) is 2.65. The molecule has 1 aromatic rings. The Bertz CT molecular complexity index is 426. The summed E-state index contributed by atoms with van der Waals surface area (Å²) in [6, 6.07) is 4.22. The molecule has 1 heterocycles. The Balaban J connectivity index is 1.76. The molecule has 2 rings (SSSR count). The van der Waals surface area contributed by atoms with Gasteiger partial charge in [0.05, 0.1) is 11.1 Å². The molecule has 20 heavy (non-hydrogen) atoms. The lowest BCUT2D eigenvalue weighted by Crippen LogP contribution is -2.39. The van der Waals surface area contributed by atoms with E-state index in [1.54, 1.807) is 0 Å². The molecular formula is C15H21BrClNO2. The van der Waals surface area contributed by atoms with Crippen LogP contribution in [0.15, 0.2) is 16.6 Å². The quantitative estimate of drug-likeness (QED) is 0.777. The van der Waals surface area contributed by atoms with Gasteiger partial charge in [0, 0.05) is 23.7 Å². The second-order valence-electron chi connectivity index (χ2n) is 5.18. The predicted molar refractivity (Wildman–Crippen MR) is 85.8 cm³/mol. The third-order valence-corrected chi connectivity index (χ3v) is 4.27. The van der Waals surface area contributed by atoms with E-state index in [1.165, 1.54) is 6.42 Å². The number of hydrogen-bond acceptors (Lipinski definition) is 3. The molecular weight excluding hydrogens is 342 g/mol. The van der Waals surface area contributed by atoms with E-state index in [-0.39, 0.29) is 0 Å². The van der Waals surface area contributed by atoms with Crippen molar-refractivity contribution in [2.45, 2.75) is 38.8 Å². The largest absolute Gasteiger partial charge is 0.490 e. The van der Waals surface area contributed by atoms with Crippen molar-refractivity contribution in [3.05, 3.63) is 27.2 Å². The number of halogens is 2. The van der Waals surface area contributed by atoms with Crippen LogP contribution < -0.4 is 10.1 Å². The van der Waals surface area contributed by atoms with Crippen LogP contribution in [-0.2, 0) is 4.74 Å². The average molecular weight is 363 g/mol. The summed E-state index contributed by atoms with van der Waals surface area (Å²) in [5.74, 6) is 0.765. The first kappa shape index (κ1) is 16.1. The Hall–Kier alpha value is -0.290. The highest BCUT2D eigenvalue weighted by Crippen LogP contribution is 2.31. The molecule has 1 aliphatic rings. The predicted octanol–water partition coefficient (Wildman–Crippen LogP) is 3.95. The Morgan fingerprint density at radius 2 is 2.35 bits per heavy atom. The van der Waals surface area contributed by atoms with E-state index < -0.39 is 0 Å². The van der Waals surface area contributed by atoms with Gasteiger partial charge in [-0.3, -0.25) is 0 Å². The molecule has 0 saturated carbocycles. The van der Waals surface area contributed by atoms with Crippen molar-refractivity contribution in [2.75, 3.05) is 19.8 Å². The number of hydrogen-bond donors (Lipinski definition) is 1. The van der Waals surface area contributed by atoms with Gasteiger partial charge in [0.1, 0.15) is 12.4 Å². The van der Waals surface area contributed by atoms with Crippen molar-refractivity contribution in [3.8, 4) is 5.75 Å². The van der Waals surface area contributed by atoms with Gasteiger partial charge in [0.25, 0.3) is 0 Å². The summed E-state index contributed by atoms with van der Waals surface area (Å²) in [6.45, 7) is 6.43. The minimum atomic E-state index is 0.341. The molecule has 2 unspecified atom stereocenters. The summed E-state index contributed by atoms with van der Waals surface area (Å²) in [5.41, 5.74) is 1.04. The van der Waals surface area contributed by atoms with Gasteiger partial charge < -0.3 is 14.8 Å². The van der Waals surface area contributed by atoms with Crippen LogP contribution in [0, 0.1) is 6.92 Å². The molecule has 0 amide bonds. The third kappa shape index (κ3) is 4.35. The smallest absolute Gasteiger partial charge is 0.140 e. The maximum Gasteiger partial charge on any atom is 0.140 e. The van der Waals surface area contributed by atoms with Crippen molar-refractivity contribution < 1.29 is 9.47 Å². The van der Waals surface area contributed by atoms with Gasteiger partial charge in [-0.05, 0) is 44.4 Å².